The highest BCUT2D eigenvalue weighted by Gasteiger charge is 2.14. The van der Waals surface area contributed by atoms with Crippen molar-refractivity contribution < 1.29 is 18.8 Å². The molecule has 1 N–H and O–H groups in total. The molecule has 3 rings (SSSR count). The van der Waals surface area contributed by atoms with Crippen molar-refractivity contribution in [3.05, 3.63) is 48.0 Å². The molecule has 0 saturated heterocycles. The lowest BCUT2D eigenvalue weighted by atomic mass is 10.2. The zero-order chi connectivity index (χ0) is 15.5. The number of anilines is 1. The SMILES string of the molecule is COc1cc(OC)cc(C(=O)Nc2noc3ccccc23)c1. The first-order valence-corrected chi connectivity index (χ1v) is 6.60. The van der Waals surface area contributed by atoms with E-state index in [0.717, 1.165) is 5.39 Å². The molecule has 0 aliphatic carbocycles. The molecule has 0 spiro atoms. The number of fused-ring (bicyclic) bond motifs is 1. The quantitative estimate of drug-likeness (QED) is 0.801. The molecule has 2 aromatic carbocycles. The normalized spacial score (nSPS) is 10.5. The summed E-state index contributed by atoms with van der Waals surface area (Å²) in [7, 11) is 3.06. The molecular weight excluding hydrogens is 284 g/mol. The lowest BCUT2D eigenvalue weighted by Crippen LogP contribution is -2.12. The van der Waals surface area contributed by atoms with Crippen LogP contribution >= 0.6 is 0 Å². The van der Waals surface area contributed by atoms with E-state index in [9.17, 15) is 4.79 Å². The van der Waals surface area contributed by atoms with Gasteiger partial charge in [0.2, 0.25) is 0 Å². The number of hydrogen-bond donors (Lipinski definition) is 1. The van der Waals surface area contributed by atoms with Crippen LogP contribution in [0.1, 0.15) is 10.4 Å². The Morgan fingerprint density at radius 1 is 1.09 bits per heavy atom. The zero-order valence-electron chi connectivity index (χ0n) is 12.1. The number of nitrogens with one attached hydrogen (secondary N) is 1. The fraction of sp³-hybridized carbons (Fsp3) is 0.125. The summed E-state index contributed by atoms with van der Waals surface area (Å²) in [5.74, 6) is 1.13. The number of ether oxygens (including phenoxy) is 2. The fourth-order valence-electron chi connectivity index (χ4n) is 2.09. The maximum atomic E-state index is 12.4. The molecule has 1 heterocycles. The highest BCUT2D eigenvalue weighted by atomic mass is 16.5. The molecule has 0 saturated carbocycles. The van der Waals surface area contributed by atoms with Crippen LogP contribution in [0.3, 0.4) is 0 Å². The minimum atomic E-state index is -0.323. The van der Waals surface area contributed by atoms with Crippen LogP contribution in [0.2, 0.25) is 0 Å². The van der Waals surface area contributed by atoms with E-state index in [1.165, 1.54) is 14.2 Å². The van der Waals surface area contributed by atoms with Crippen LogP contribution in [-0.2, 0) is 0 Å². The van der Waals surface area contributed by atoms with Crippen LogP contribution in [0.5, 0.6) is 11.5 Å². The lowest BCUT2D eigenvalue weighted by molar-refractivity contribution is 0.102. The number of nitrogens with zero attached hydrogens (tertiary/aromatic N) is 1. The number of carbonyl (C=O) groups excluding carboxylic acids is 1. The minimum Gasteiger partial charge on any atom is -0.497 e. The molecule has 22 heavy (non-hydrogen) atoms. The van der Waals surface area contributed by atoms with Crippen molar-refractivity contribution in [3.63, 3.8) is 0 Å². The highest BCUT2D eigenvalue weighted by molar-refractivity contribution is 6.07. The van der Waals surface area contributed by atoms with Gasteiger partial charge in [0.05, 0.1) is 19.6 Å². The van der Waals surface area contributed by atoms with E-state index in [4.69, 9.17) is 14.0 Å². The summed E-state index contributed by atoms with van der Waals surface area (Å²) in [6, 6.07) is 12.2. The molecule has 0 bridgehead atoms. The van der Waals surface area contributed by atoms with Crippen LogP contribution in [-0.4, -0.2) is 25.3 Å². The van der Waals surface area contributed by atoms with E-state index in [2.05, 4.69) is 10.5 Å². The fourth-order valence-corrected chi connectivity index (χ4v) is 2.09. The first-order chi connectivity index (χ1) is 10.7. The van der Waals surface area contributed by atoms with Crippen LogP contribution < -0.4 is 14.8 Å². The Morgan fingerprint density at radius 3 is 2.45 bits per heavy atom. The Hall–Kier alpha value is -3.02. The molecule has 1 aromatic heterocycles. The summed E-state index contributed by atoms with van der Waals surface area (Å²) in [6.07, 6.45) is 0. The maximum absolute atomic E-state index is 12.4. The second kappa shape index (κ2) is 5.77. The molecule has 112 valence electrons. The maximum Gasteiger partial charge on any atom is 0.257 e. The molecule has 0 fully saturated rings. The zero-order valence-corrected chi connectivity index (χ0v) is 12.1. The molecule has 0 aliphatic rings. The summed E-state index contributed by atoms with van der Waals surface area (Å²) in [4.78, 5) is 12.4. The van der Waals surface area contributed by atoms with Crippen molar-refractivity contribution >= 4 is 22.7 Å². The number of amides is 1. The smallest absolute Gasteiger partial charge is 0.257 e. The summed E-state index contributed by atoms with van der Waals surface area (Å²) >= 11 is 0. The molecule has 0 atom stereocenters. The predicted octanol–water partition coefficient (Wildman–Crippen LogP) is 3.10. The highest BCUT2D eigenvalue weighted by Crippen LogP contribution is 2.25. The summed E-state index contributed by atoms with van der Waals surface area (Å²) in [5, 5.41) is 7.35. The van der Waals surface area contributed by atoms with E-state index in [1.54, 1.807) is 24.3 Å². The van der Waals surface area contributed by atoms with Gasteiger partial charge in [-0.3, -0.25) is 4.79 Å². The van der Waals surface area contributed by atoms with Gasteiger partial charge in [0.15, 0.2) is 11.4 Å². The number of para-hydroxylation sites is 1. The van der Waals surface area contributed by atoms with Gasteiger partial charge in [-0.25, -0.2) is 0 Å². The number of hydrogen-bond acceptors (Lipinski definition) is 5. The monoisotopic (exact) mass is 298 g/mol. The van der Waals surface area contributed by atoms with Gasteiger partial charge in [0.1, 0.15) is 11.5 Å². The summed E-state index contributed by atoms with van der Waals surface area (Å²) in [6.45, 7) is 0. The van der Waals surface area contributed by atoms with Gasteiger partial charge in [-0.05, 0) is 24.3 Å². The van der Waals surface area contributed by atoms with Crippen LogP contribution in [0.4, 0.5) is 5.82 Å². The van der Waals surface area contributed by atoms with Gasteiger partial charge < -0.3 is 19.3 Å². The van der Waals surface area contributed by atoms with E-state index in [0.29, 0.717) is 28.5 Å². The molecule has 0 radical (unpaired) electrons. The number of rotatable bonds is 4. The molecule has 3 aromatic rings. The van der Waals surface area contributed by atoms with Gasteiger partial charge in [0.25, 0.3) is 5.91 Å². The van der Waals surface area contributed by atoms with Crippen molar-refractivity contribution in [1.29, 1.82) is 0 Å². The van der Waals surface area contributed by atoms with Crippen molar-refractivity contribution in [2.45, 2.75) is 0 Å². The Labute approximate surface area is 126 Å². The predicted molar refractivity (Wildman–Crippen MR) is 81.5 cm³/mol. The Bertz CT molecular complexity index is 804. The Balaban J connectivity index is 1.91. The van der Waals surface area contributed by atoms with Crippen LogP contribution in [0.25, 0.3) is 11.0 Å². The van der Waals surface area contributed by atoms with Crippen molar-refractivity contribution in [1.82, 2.24) is 5.16 Å². The molecule has 1 amide bonds. The largest absolute Gasteiger partial charge is 0.497 e. The second-order valence-electron chi connectivity index (χ2n) is 4.58. The molecule has 6 heteroatoms. The first-order valence-electron chi connectivity index (χ1n) is 6.60. The van der Waals surface area contributed by atoms with Crippen LogP contribution in [0.15, 0.2) is 47.0 Å². The third kappa shape index (κ3) is 2.58. The molecule has 0 aliphatic heterocycles. The Morgan fingerprint density at radius 2 is 1.77 bits per heavy atom. The first kappa shape index (κ1) is 13.9. The van der Waals surface area contributed by atoms with Crippen molar-refractivity contribution in [3.8, 4) is 11.5 Å². The van der Waals surface area contributed by atoms with Gasteiger partial charge >= 0.3 is 0 Å². The van der Waals surface area contributed by atoms with Gasteiger partial charge in [0, 0.05) is 11.6 Å². The number of carbonyl (C=O) groups is 1. The minimum absolute atomic E-state index is 0.323. The average Bonchev–Trinajstić information content (AvgIpc) is 2.97. The van der Waals surface area contributed by atoms with E-state index in [-0.39, 0.29) is 5.91 Å². The van der Waals surface area contributed by atoms with E-state index >= 15 is 0 Å². The third-order valence-corrected chi connectivity index (χ3v) is 3.22. The van der Waals surface area contributed by atoms with E-state index in [1.807, 2.05) is 18.2 Å². The van der Waals surface area contributed by atoms with Crippen LogP contribution in [0, 0.1) is 0 Å². The van der Waals surface area contributed by atoms with Crippen molar-refractivity contribution in [2.75, 3.05) is 19.5 Å². The molecular formula is C16H14N2O4. The third-order valence-electron chi connectivity index (χ3n) is 3.22. The molecule has 6 nitrogen and oxygen atoms in total. The average molecular weight is 298 g/mol. The lowest BCUT2D eigenvalue weighted by Gasteiger charge is -2.08. The van der Waals surface area contributed by atoms with Gasteiger partial charge in [-0.1, -0.05) is 17.3 Å². The number of benzene rings is 2. The number of methoxy groups -OCH3 is 2. The van der Waals surface area contributed by atoms with E-state index < -0.39 is 0 Å². The van der Waals surface area contributed by atoms with Crippen molar-refractivity contribution in [2.24, 2.45) is 0 Å². The van der Waals surface area contributed by atoms with Gasteiger partial charge in [-0.15, -0.1) is 0 Å². The standard InChI is InChI=1S/C16H14N2O4/c1-20-11-7-10(8-12(9-11)21-2)16(19)17-15-13-5-3-4-6-14(13)22-18-15/h3-9H,1-2H3,(H,17,18,19). The summed E-state index contributed by atoms with van der Waals surface area (Å²) < 4.78 is 15.5. The summed E-state index contributed by atoms with van der Waals surface area (Å²) in [5.41, 5.74) is 1.02. The second-order valence-corrected chi connectivity index (χ2v) is 4.58. The molecule has 0 unspecified atom stereocenters. The topological polar surface area (TPSA) is 73.6 Å². The Kier molecular flexibility index (Phi) is 3.65. The van der Waals surface area contributed by atoms with Gasteiger partial charge in [-0.2, -0.15) is 0 Å². The number of aromatic nitrogens is 1.